The Bertz CT molecular complexity index is 1010. The third kappa shape index (κ3) is 3.89. The minimum atomic E-state index is -4.48. The molecule has 1 saturated heterocycles. The van der Waals surface area contributed by atoms with Crippen molar-refractivity contribution in [1.82, 2.24) is 10.2 Å². The first-order valence-electron chi connectivity index (χ1n) is 7.98. The zero-order valence-corrected chi connectivity index (χ0v) is 15.1. The van der Waals surface area contributed by atoms with Crippen molar-refractivity contribution < 1.29 is 27.2 Å². The molecule has 0 aliphatic carbocycles. The molecule has 0 bridgehead atoms. The summed E-state index contributed by atoms with van der Waals surface area (Å²) in [5.74, 6) is -1.00. The predicted molar refractivity (Wildman–Crippen MR) is 99.8 cm³/mol. The fourth-order valence-electron chi connectivity index (χ4n) is 2.57. The third-order valence-corrected chi connectivity index (χ3v) is 4.21. The molecule has 144 valence electrons. The lowest BCUT2D eigenvalue weighted by molar-refractivity contribution is -0.137. The summed E-state index contributed by atoms with van der Waals surface area (Å²) in [6.45, 7) is 3.64. The first-order valence-corrected chi connectivity index (χ1v) is 8.39. The number of thiocarbonyl (C=S) groups is 1. The number of halogens is 3. The van der Waals surface area contributed by atoms with E-state index in [-0.39, 0.29) is 34.3 Å². The van der Waals surface area contributed by atoms with Gasteiger partial charge in [-0.3, -0.25) is 19.8 Å². The molecule has 2 aromatic rings. The first-order chi connectivity index (χ1) is 13.2. The Labute approximate surface area is 163 Å². The van der Waals surface area contributed by atoms with Crippen LogP contribution in [0.15, 0.2) is 59.0 Å². The van der Waals surface area contributed by atoms with Gasteiger partial charge in [-0.15, -0.1) is 6.58 Å². The van der Waals surface area contributed by atoms with Crippen molar-refractivity contribution in [3.63, 3.8) is 0 Å². The molecule has 0 atom stereocenters. The fraction of sp³-hybridized carbons (Fsp3) is 0.105. The van der Waals surface area contributed by atoms with Crippen molar-refractivity contribution in [1.29, 1.82) is 0 Å². The van der Waals surface area contributed by atoms with E-state index in [0.717, 1.165) is 17.0 Å². The summed E-state index contributed by atoms with van der Waals surface area (Å²) in [6, 6.07) is 7.56. The Morgan fingerprint density at radius 1 is 1.21 bits per heavy atom. The highest BCUT2D eigenvalue weighted by Gasteiger charge is 2.33. The molecule has 9 heteroatoms. The van der Waals surface area contributed by atoms with Crippen molar-refractivity contribution in [2.24, 2.45) is 0 Å². The standard InChI is InChI=1S/C19H13F3N2O3S/c1-2-8-24-17(26)14(16(25)23-18(24)28)10-13-6-7-15(27-13)11-4-3-5-12(9-11)19(20,21)22/h2-7,9-10H,1,8H2,(H,23,25,28). The Hall–Kier alpha value is -3.20. The molecule has 2 amide bonds. The van der Waals surface area contributed by atoms with Crippen LogP contribution in [0.4, 0.5) is 13.2 Å². The summed E-state index contributed by atoms with van der Waals surface area (Å²) >= 11 is 4.96. The van der Waals surface area contributed by atoms with Crippen LogP contribution in [0.3, 0.4) is 0 Å². The van der Waals surface area contributed by atoms with Crippen LogP contribution >= 0.6 is 12.2 Å². The van der Waals surface area contributed by atoms with Crippen molar-refractivity contribution in [2.75, 3.05) is 6.54 Å². The molecule has 0 radical (unpaired) electrons. The summed E-state index contributed by atoms with van der Waals surface area (Å²) in [5.41, 5.74) is -0.800. The quantitative estimate of drug-likeness (QED) is 0.363. The summed E-state index contributed by atoms with van der Waals surface area (Å²) in [4.78, 5) is 25.7. The molecule has 5 nitrogen and oxygen atoms in total. The van der Waals surface area contributed by atoms with Crippen LogP contribution in [0.1, 0.15) is 11.3 Å². The SMILES string of the molecule is C=CCN1C(=O)C(=Cc2ccc(-c3cccc(C(F)(F)F)c3)o2)C(=O)NC1=S. The molecule has 2 heterocycles. The normalized spacial score (nSPS) is 16.5. The van der Waals surface area contributed by atoms with Gasteiger partial charge in [-0.2, -0.15) is 13.2 Å². The number of benzene rings is 1. The number of amides is 2. The maximum absolute atomic E-state index is 12.9. The van der Waals surface area contributed by atoms with Gasteiger partial charge in [-0.25, -0.2) is 0 Å². The zero-order valence-electron chi connectivity index (χ0n) is 14.2. The van der Waals surface area contributed by atoms with Crippen molar-refractivity contribution in [2.45, 2.75) is 6.18 Å². The van der Waals surface area contributed by atoms with Gasteiger partial charge in [0, 0.05) is 12.1 Å². The van der Waals surface area contributed by atoms with Crippen LogP contribution in [-0.4, -0.2) is 28.4 Å². The van der Waals surface area contributed by atoms with Crippen molar-refractivity contribution in [3.05, 3.63) is 65.9 Å². The Morgan fingerprint density at radius 2 is 1.96 bits per heavy atom. The minimum absolute atomic E-state index is 0.0313. The molecule has 1 aliphatic rings. The van der Waals surface area contributed by atoms with Crippen LogP contribution in [0.5, 0.6) is 0 Å². The molecule has 3 rings (SSSR count). The van der Waals surface area contributed by atoms with E-state index in [0.29, 0.717) is 0 Å². The van der Waals surface area contributed by atoms with Gasteiger partial charge in [0.1, 0.15) is 17.1 Å². The highest BCUT2D eigenvalue weighted by molar-refractivity contribution is 7.80. The largest absolute Gasteiger partial charge is 0.457 e. The second kappa shape index (κ2) is 7.43. The number of nitrogens with one attached hydrogen (secondary N) is 1. The van der Waals surface area contributed by atoms with Gasteiger partial charge < -0.3 is 4.42 Å². The molecule has 1 aliphatic heterocycles. The lowest BCUT2D eigenvalue weighted by Gasteiger charge is -2.27. The van der Waals surface area contributed by atoms with E-state index in [2.05, 4.69) is 11.9 Å². The molecule has 1 fully saturated rings. The molecule has 0 unspecified atom stereocenters. The van der Waals surface area contributed by atoms with E-state index in [1.165, 1.54) is 36.4 Å². The van der Waals surface area contributed by atoms with E-state index in [9.17, 15) is 22.8 Å². The average molecular weight is 406 g/mol. The van der Waals surface area contributed by atoms with Crippen LogP contribution in [0.25, 0.3) is 17.4 Å². The Kier molecular flexibility index (Phi) is 5.19. The number of carbonyl (C=O) groups is 2. The summed E-state index contributed by atoms with van der Waals surface area (Å²) < 4.78 is 44.1. The van der Waals surface area contributed by atoms with Gasteiger partial charge in [-0.1, -0.05) is 18.2 Å². The van der Waals surface area contributed by atoms with E-state index >= 15 is 0 Å². The fourth-order valence-corrected chi connectivity index (χ4v) is 2.82. The Morgan fingerprint density at radius 3 is 2.64 bits per heavy atom. The number of alkyl halides is 3. The second-order valence-electron chi connectivity index (χ2n) is 5.80. The number of furan rings is 1. The molecular formula is C19H13F3N2O3S. The molecular weight excluding hydrogens is 393 g/mol. The number of carbonyl (C=O) groups excluding carboxylic acids is 2. The highest BCUT2D eigenvalue weighted by atomic mass is 32.1. The molecule has 1 aromatic heterocycles. The molecule has 0 saturated carbocycles. The number of nitrogens with zero attached hydrogens (tertiary/aromatic N) is 1. The lowest BCUT2D eigenvalue weighted by atomic mass is 10.1. The van der Waals surface area contributed by atoms with Crippen molar-refractivity contribution in [3.8, 4) is 11.3 Å². The van der Waals surface area contributed by atoms with E-state index in [4.69, 9.17) is 16.6 Å². The van der Waals surface area contributed by atoms with Crippen molar-refractivity contribution >= 4 is 35.2 Å². The van der Waals surface area contributed by atoms with Crippen LogP contribution in [0, 0.1) is 0 Å². The van der Waals surface area contributed by atoms with E-state index in [1.807, 2.05) is 0 Å². The van der Waals surface area contributed by atoms with Crippen LogP contribution in [0.2, 0.25) is 0 Å². The van der Waals surface area contributed by atoms with Crippen LogP contribution in [-0.2, 0) is 15.8 Å². The molecule has 1 aromatic carbocycles. The third-order valence-electron chi connectivity index (χ3n) is 3.89. The monoisotopic (exact) mass is 406 g/mol. The summed E-state index contributed by atoms with van der Waals surface area (Å²) in [6.07, 6.45) is -1.81. The van der Waals surface area contributed by atoms with E-state index < -0.39 is 23.6 Å². The maximum atomic E-state index is 12.9. The van der Waals surface area contributed by atoms with Gasteiger partial charge in [0.15, 0.2) is 5.11 Å². The number of hydrogen-bond donors (Lipinski definition) is 1. The summed E-state index contributed by atoms with van der Waals surface area (Å²) in [7, 11) is 0. The van der Waals surface area contributed by atoms with Gasteiger partial charge in [0.05, 0.1) is 5.56 Å². The number of rotatable bonds is 4. The van der Waals surface area contributed by atoms with Gasteiger partial charge in [0.25, 0.3) is 11.8 Å². The zero-order chi connectivity index (χ0) is 20.5. The second-order valence-corrected chi connectivity index (χ2v) is 6.19. The summed E-state index contributed by atoms with van der Waals surface area (Å²) in [5, 5.41) is 2.36. The average Bonchev–Trinajstić information content (AvgIpc) is 3.10. The highest BCUT2D eigenvalue weighted by Crippen LogP contribution is 2.33. The smallest absolute Gasteiger partial charge is 0.416 e. The van der Waals surface area contributed by atoms with Gasteiger partial charge in [0.2, 0.25) is 0 Å². The lowest BCUT2D eigenvalue weighted by Crippen LogP contribution is -2.53. The van der Waals surface area contributed by atoms with Gasteiger partial charge >= 0.3 is 6.18 Å². The van der Waals surface area contributed by atoms with E-state index in [1.54, 1.807) is 0 Å². The topological polar surface area (TPSA) is 62.6 Å². The first kappa shape index (κ1) is 19.6. The maximum Gasteiger partial charge on any atom is 0.416 e. The van der Waals surface area contributed by atoms with Crippen LogP contribution < -0.4 is 5.32 Å². The van der Waals surface area contributed by atoms with Gasteiger partial charge in [-0.05, 0) is 42.6 Å². The number of hydrogen-bond acceptors (Lipinski definition) is 4. The minimum Gasteiger partial charge on any atom is -0.457 e. The molecule has 28 heavy (non-hydrogen) atoms. The molecule has 1 N–H and O–H groups in total. The Balaban J connectivity index is 1.92. The molecule has 0 spiro atoms. The predicted octanol–water partition coefficient (Wildman–Crippen LogP) is 3.78.